The van der Waals surface area contributed by atoms with Gasteiger partial charge in [-0.1, -0.05) is 57.3 Å². The zero-order valence-electron chi connectivity index (χ0n) is 17.5. The lowest BCUT2D eigenvalue weighted by molar-refractivity contribution is -0.131. The highest BCUT2D eigenvalue weighted by molar-refractivity contribution is 9.10. The molecule has 3 aromatic carbocycles. The average molecular weight is 562 g/mol. The summed E-state index contributed by atoms with van der Waals surface area (Å²) >= 11 is 17.8. The molecule has 3 aromatic rings. The highest BCUT2D eigenvalue weighted by Crippen LogP contribution is 2.58. The highest BCUT2D eigenvalue weighted by atomic mass is 79.9. The van der Waals surface area contributed by atoms with Gasteiger partial charge in [-0.25, -0.2) is 0 Å². The summed E-state index contributed by atoms with van der Waals surface area (Å²) in [6.07, 6.45) is 2.15. The van der Waals surface area contributed by atoms with Crippen LogP contribution in [0.4, 0.5) is 5.69 Å². The number of benzene rings is 3. The number of rotatable bonds is 3. The summed E-state index contributed by atoms with van der Waals surface area (Å²) in [6.45, 7) is 0. The number of hydrogen-bond acceptors (Lipinski definition) is 3. The summed E-state index contributed by atoms with van der Waals surface area (Å²) in [5.74, 6) is -0.703. The van der Waals surface area contributed by atoms with Crippen LogP contribution in [0.5, 0.6) is 0 Å². The summed E-state index contributed by atoms with van der Waals surface area (Å²) in [5.41, 5.74) is 2.14. The number of carbonyl (C=O) groups excluding carboxylic acids is 2. The number of anilines is 1. The van der Waals surface area contributed by atoms with Crippen molar-refractivity contribution >= 4 is 68.4 Å². The summed E-state index contributed by atoms with van der Waals surface area (Å²) < 4.78 is 0.874. The third kappa shape index (κ3) is 3.68. The van der Waals surface area contributed by atoms with Gasteiger partial charge in [-0.15, -0.1) is 11.8 Å². The number of carbonyl (C=O) groups is 2. The summed E-state index contributed by atoms with van der Waals surface area (Å²) in [7, 11) is 0. The van der Waals surface area contributed by atoms with E-state index in [9.17, 15) is 9.59 Å². The Morgan fingerprint density at radius 2 is 1.82 bits per heavy atom. The zero-order chi connectivity index (χ0) is 23.3. The third-order valence-corrected chi connectivity index (χ3v) is 8.28. The van der Waals surface area contributed by atoms with Crippen LogP contribution in [0.1, 0.15) is 35.1 Å². The van der Waals surface area contributed by atoms with E-state index in [1.54, 1.807) is 30.0 Å². The normalized spacial score (nSPS) is 23.9. The molecule has 2 aliphatic rings. The maximum Gasteiger partial charge on any atom is 0.238 e. The van der Waals surface area contributed by atoms with Gasteiger partial charge in [-0.2, -0.15) is 0 Å². The minimum Gasteiger partial charge on any atom is -0.348 e. The van der Waals surface area contributed by atoms with Crippen LogP contribution >= 0.6 is 50.9 Å². The molecule has 33 heavy (non-hydrogen) atoms. The second kappa shape index (κ2) is 8.66. The predicted molar refractivity (Wildman–Crippen MR) is 137 cm³/mol. The smallest absolute Gasteiger partial charge is 0.238 e. The molecule has 2 amide bonds. The second-order valence-corrected chi connectivity index (χ2v) is 10.8. The second-order valence-electron chi connectivity index (χ2n) is 8.21. The number of fused-ring (bicyclic) bond motifs is 2. The van der Waals surface area contributed by atoms with Gasteiger partial charge in [0.05, 0.1) is 6.04 Å². The van der Waals surface area contributed by atoms with E-state index < -0.39 is 17.4 Å². The Kier molecular flexibility index (Phi) is 5.98. The maximum atomic E-state index is 14.0. The van der Waals surface area contributed by atoms with Crippen LogP contribution in [0.25, 0.3) is 0 Å². The first-order valence-electron chi connectivity index (χ1n) is 10.3. The van der Waals surface area contributed by atoms with E-state index in [1.807, 2.05) is 48.7 Å². The predicted octanol–water partition coefficient (Wildman–Crippen LogP) is 6.71. The van der Waals surface area contributed by atoms with Gasteiger partial charge in [0.25, 0.3) is 0 Å². The van der Waals surface area contributed by atoms with E-state index in [0.717, 1.165) is 26.1 Å². The molecule has 3 atom stereocenters. The van der Waals surface area contributed by atoms with Crippen molar-refractivity contribution in [3.05, 3.63) is 91.9 Å². The number of piperidine rings is 1. The number of nitrogens with one attached hydrogen (secondary N) is 2. The molecule has 4 nitrogen and oxygen atoms in total. The van der Waals surface area contributed by atoms with Crippen LogP contribution < -0.4 is 10.6 Å². The fourth-order valence-electron chi connectivity index (χ4n) is 5.20. The van der Waals surface area contributed by atoms with Crippen LogP contribution in [-0.4, -0.2) is 18.1 Å². The lowest BCUT2D eigenvalue weighted by Gasteiger charge is -2.46. The lowest BCUT2D eigenvalue weighted by Crippen LogP contribution is -2.57. The molecular weight excluding hydrogens is 543 g/mol. The van der Waals surface area contributed by atoms with Crippen molar-refractivity contribution in [3.63, 3.8) is 0 Å². The molecule has 0 saturated carbocycles. The molecule has 0 unspecified atom stereocenters. The molecule has 2 aliphatic heterocycles. The Morgan fingerprint density at radius 1 is 1.03 bits per heavy atom. The fourth-order valence-corrected chi connectivity index (χ4v) is 6.57. The molecule has 1 saturated heterocycles. The standard InChI is InChI=1S/C25H19BrCl2N2O2S/c1-33-21-8-5-14(26)10-17(21)23-25(18-7-6-16(28)11-20(18)29-24(25)32)19(12-22(31)30-23)13-3-2-4-15(27)9-13/h2-11,19,23H,12H2,1H3,(H,29,32)(H,30,31)/t19-,23+,25-/m0/s1. The molecule has 0 bridgehead atoms. The monoisotopic (exact) mass is 560 g/mol. The molecule has 168 valence electrons. The van der Waals surface area contributed by atoms with E-state index in [2.05, 4.69) is 26.6 Å². The summed E-state index contributed by atoms with van der Waals surface area (Å²) in [6, 6.07) is 18.2. The van der Waals surface area contributed by atoms with Gasteiger partial charge in [0.15, 0.2) is 0 Å². The number of amides is 2. The Hall–Kier alpha value is -1.99. The van der Waals surface area contributed by atoms with Crippen molar-refractivity contribution in [3.8, 4) is 0 Å². The van der Waals surface area contributed by atoms with Crippen LogP contribution in [-0.2, 0) is 15.0 Å². The van der Waals surface area contributed by atoms with Gasteiger partial charge in [-0.05, 0) is 65.4 Å². The summed E-state index contributed by atoms with van der Waals surface area (Å²) in [4.78, 5) is 28.1. The Bertz CT molecular complexity index is 1300. The van der Waals surface area contributed by atoms with Crippen molar-refractivity contribution in [1.82, 2.24) is 5.32 Å². The lowest BCUT2D eigenvalue weighted by atomic mass is 9.59. The molecule has 8 heteroatoms. The maximum absolute atomic E-state index is 14.0. The molecule has 1 fully saturated rings. The zero-order valence-corrected chi connectivity index (χ0v) is 21.4. The quantitative estimate of drug-likeness (QED) is 0.349. The molecule has 0 radical (unpaired) electrons. The average Bonchev–Trinajstić information content (AvgIpc) is 3.06. The van der Waals surface area contributed by atoms with E-state index in [-0.39, 0.29) is 18.2 Å². The molecule has 5 rings (SSSR count). The van der Waals surface area contributed by atoms with Gasteiger partial charge >= 0.3 is 0 Å². The van der Waals surface area contributed by atoms with Crippen LogP contribution in [0.2, 0.25) is 10.0 Å². The van der Waals surface area contributed by atoms with E-state index >= 15 is 0 Å². The van der Waals surface area contributed by atoms with Gasteiger partial charge in [0.1, 0.15) is 5.41 Å². The minimum absolute atomic E-state index is 0.113. The largest absolute Gasteiger partial charge is 0.348 e. The SMILES string of the molecule is CSc1ccc(Br)cc1[C@H]1NC(=O)C[C@@H](c2cccc(Cl)c2)[C@]12C(=O)Nc1cc(Cl)ccc12. The van der Waals surface area contributed by atoms with E-state index in [0.29, 0.717) is 15.7 Å². The van der Waals surface area contributed by atoms with Gasteiger partial charge in [0.2, 0.25) is 11.8 Å². The molecule has 1 spiro atoms. The van der Waals surface area contributed by atoms with Crippen LogP contribution in [0.15, 0.2) is 70.0 Å². The van der Waals surface area contributed by atoms with Gasteiger partial charge in [0, 0.05) is 37.4 Å². The number of thioether (sulfide) groups is 1. The first kappa shape index (κ1) is 22.8. The van der Waals surface area contributed by atoms with Gasteiger partial charge in [-0.3, -0.25) is 9.59 Å². The first-order chi connectivity index (χ1) is 15.8. The van der Waals surface area contributed by atoms with Crippen molar-refractivity contribution < 1.29 is 9.59 Å². The van der Waals surface area contributed by atoms with Crippen molar-refractivity contribution in [2.24, 2.45) is 0 Å². The minimum atomic E-state index is -1.08. The topological polar surface area (TPSA) is 58.2 Å². The Labute approximate surface area is 214 Å². The van der Waals surface area contributed by atoms with E-state index in [1.165, 1.54) is 0 Å². The Morgan fingerprint density at radius 3 is 2.58 bits per heavy atom. The molecule has 0 aliphatic carbocycles. The first-order valence-corrected chi connectivity index (χ1v) is 13.1. The molecule has 0 aromatic heterocycles. The third-order valence-electron chi connectivity index (χ3n) is 6.50. The summed E-state index contributed by atoms with van der Waals surface area (Å²) in [5, 5.41) is 7.32. The van der Waals surface area contributed by atoms with Crippen molar-refractivity contribution in [1.29, 1.82) is 0 Å². The van der Waals surface area contributed by atoms with E-state index in [4.69, 9.17) is 23.2 Å². The fraction of sp³-hybridized carbons (Fsp3) is 0.200. The number of halogens is 3. The Balaban J connectivity index is 1.84. The van der Waals surface area contributed by atoms with Crippen molar-refractivity contribution in [2.45, 2.75) is 28.7 Å². The van der Waals surface area contributed by atoms with Crippen molar-refractivity contribution in [2.75, 3.05) is 11.6 Å². The van der Waals surface area contributed by atoms with Crippen LogP contribution in [0.3, 0.4) is 0 Å². The van der Waals surface area contributed by atoms with Crippen LogP contribution in [0, 0.1) is 0 Å². The molecular formula is C25H19BrCl2N2O2S. The molecule has 2 heterocycles. The highest BCUT2D eigenvalue weighted by Gasteiger charge is 2.61. The number of hydrogen-bond donors (Lipinski definition) is 2. The molecule has 2 N–H and O–H groups in total. The van der Waals surface area contributed by atoms with Gasteiger partial charge < -0.3 is 10.6 Å².